The van der Waals surface area contributed by atoms with Crippen LogP contribution < -0.4 is 10.2 Å². The second kappa shape index (κ2) is 7.74. The molecule has 1 N–H and O–H groups in total. The average molecular weight is 314 g/mol. The van der Waals surface area contributed by atoms with E-state index in [9.17, 15) is 9.59 Å². The molecule has 0 heterocycles. The third kappa shape index (κ3) is 4.29. The molecule has 0 saturated heterocycles. The van der Waals surface area contributed by atoms with E-state index in [2.05, 4.69) is 5.32 Å². The summed E-state index contributed by atoms with van der Waals surface area (Å²) in [5.41, 5.74) is 1.44. The largest absolute Gasteiger partial charge is 0.449 e. The molecular formula is C18H22N2O3. The topological polar surface area (TPSA) is 58.6 Å². The van der Waals surface area contributed by atoms with Gasteiger partial charge < -0.3 is 10.1 Å². The molecular weight excluding hydrogens is 292 g/mol. The van der Waals surface area contributed by atoms with E-state index in [1.807, 2.05) is 37.4 Å². The van der Waals surface area contributed by atoms with Crippen LogP contribution in [0.25, 0.3) is 10.8 Å². The number of ketones is 1. The maximum atomic E-state index is 12.0. The number of carbonyl (C=O) groups is 2. The summed E-state index contributed by atoms with van der Waals surface area (Å²) in [6.45, 7) is 2.75. The van der Waals surface area contributed by atoms with Crippen LogP contribution in [0.1, 0.15) is 23.7 Å². The van der Waals surface area contributed by atoms with E-state index in [1.165, 1.54) is 4.90 Å². The second-order valence-electron chi connectivity index (χ2n) is 5.43. The Morgan fingerprint density at radius 2 is 1.83 bits per heavy atom. The number of hydrogen-bond acceptors (Lipinski definition) is 4. The van der Waals surface area contributed by atoms with E-state index in [4.69, 9.17) is 4.74 Å². The summed E-state index contributed by atoms with van der Waals surface area (Å²) in [7, 11) is 3.55. The molecule has 0 atom stereocenters. The molecule has 5 nitrogen and oxygen atoms in total. The van der Waals surface area contributed by atoms with Crippen molar-refractivity contribution in [3.8, 4) is 0 Å². The number of ether oxygens (including phenoxy) is 1. The van der Waals surface area contributed by atoms with E-state index < -0.39 is 0 Å². The number of amides is 1. The fraction of sp³-hybridized carbons (Fsp3) is 0.333. The summed E-state index contributed by atoms with van der Waals surface area (Å²) in [5, 5.41) is 4.95. The third-order valence-electron chi connectivity index (χ3n) is 3.69. The second-order valence-corrected chi connectivity index (χ2v) is 5.43. The Morgan fingerprint density at radius 1 is 1.13 bits per heavy atom. The average Bonchev–Trinajstić information content (AvgIpc) is 2.56. The Balaban J connectivity index is 2.11. The summed E-state index contributed by atoms with van der Waals surface area (Å²) < 4.78 is 5.23. The number of anilines is 1. The zero-order valence-electron chi connectivity index (χ0n) is 13.8. The molecule has 2 aromatic carbocycles. The van der Waals surface area contributed by atoms with Gasteiger partial charge in [-0.15, -0.1) is 0 Å². The quantitative estimate of drug-likeness (QED) is 0.657. The minimum atomic E-state index is -0.374. The van der Waals surface area contributed by atoms with E-state index in [0.717, 1.165) is 29.4 Å². The van der Waals surface area contributed by atoms with Gasteiger partial charge in [-0.2, -0.15) is 0 Å². The molecule has 0 radical (unpaired) electrons. The first-order valence-corrected chi connectivity index (χ1v) is 7.63. The van der Waals surface area contributed by atoms with Crippen molar-refractivity contribution in [2.75, 3.05) is 32.1 Å². The number of Topliss-reactive ketones (excluding diaryl/α,β-unsaturated/α-hetero) is 1. The minimum Gasteiger partial charge on any atom is -0.449 e. The summed E-state index contributed by atoms with van der Waals surface area (Å²) >= 11 is 0. The van der Waals surface area contributed by atoms with Gasteiger partial charge in [0.2, 0.25) is 0 Å². The molecule has 122 valence electrons. The summed E-state index contributed by atoms with van der Waals surface area (Å²) in [6.07, 6.45) is 0.405. The molecule has 2 rings (SSSR count). The smallest absolute Gasteiger partial charge is 0.414 e. The van der Waals surface area contributed by atoms with Gasteiger partial charge in [0.05, 0.1) is 6.61 Å². The molecule has 0 aliphatic carbocycles. The van der Waals surface area contributed by atoms with Gasteiger partial charge in [-0.1, -0.05) is 18.2 Å². The number of carbonyl (C=O) groups excluding carboxylic acids is 2. The number of nitrogens with one attached hydrogen (secondary N) is 1. The monoisotopic (exact) mass is 314 g/mol. The Kier molecular flexibility index (Phi) is 5.71. The van der Waals surface area contributed by atoms with Crippen LogP contribution in [-0.4, -0.2) is 39.1 Å². The fourth-order valence-electron chi connectivity index (χ4n) is 2.27. The highest BCUT2D eigenvalue weighted by Crippen LogP contribution is 2.23. The minimum absolute atomic E-state index is 0.0400. The summed E-state index contributed by atoms with van der Waals surface area (Å²) in [5.74, 6) is 0.0400. The standard InChI is InChI=1S/C18H22N2O3/c1-13(21)14-5-6-16-12-17(8-7-15(16)11-14)20(3)18(22)23-10-4-9-19-2/h5-8,11-12,19H,4,9-10H2,1-3H3. The molecule has 0 aliphatic heterocycles. The first kappa shape index (κ1) is 17.0. The first-order chi connectivity index (χ1) is 11.0. The molecule has 0 spiro atoms. The van der Waals surface area contributed by atoms with Crippen molar-refractivity contribution in [3.63, 3.8) is 0 Å². The van der Waals surface area contributed by atoms with Crippen molar-refractivity contribution < 1.29 is 14.3 Å². The van der Waals surface area contributed by atoms with Gasteiger partial charge in [-0.25, -0.2) is 4.79 Å². The van der Waals surface area contributed by atoms with E-state index in [0.29, 0.717) is 12.2 Å². The Hall–Kier alpha value is -2.40. The predicted molar refractivity (Wildman–Crippen MR) is 92.2 cm³/mol. The molecule has 23 heavy (non-hydrogen) atoms. The van der Waals surface area contributed by atoms with Crippen LogP contribution in [0.15, 0.2) is 36.4 Å². The maximum Gasteiger partial charge on any atom is 0.414 e. The lowest BCUT2D eigenvalue weighted by Crippen LogP contribution is -2.27. The molecule has 0 fully saturated rings. The highest BCUT2D eigenvalue weighted by Gasteiger charge is 2.12. The maximum absolute atomic E-state index is 12.0. The lowest BCUT2D eigenvalue weighted by molar-refractivity contribution is 0.101. The molecule has 1 amide bonds. The highest BCUT2D eigenvalue weighted by molar-refractivity contribution is 5.99. The number of nitrogens with zero attached hydrogens (tertiary/aromatic N) is 1. The molecule has 0 saturated carbocycles. The van der Waals surface area contributed by atoms with Crippen LogP contribution in [0.2, 0.25) is 0 Å². The van der Waals surface area contributed by atoms with Crippen LogP contribution in [0.3, 0.4) is 0 Å². The number of benzene rings is 2. The molecule has 0 bridgehead atoms. The van der Waals surface area contributed by atoms with Crippen LogP contribution in [0, 0.1) is 0 Å². The van der Waals surface area contributed by atoms with E-state index in [1.54, 1.807) is 20.0 Å². The van der Waals surface area contributed by atoms with Crippen molar-refractivity contribution in [2.45, 2.75) is 13.3 Å². The molecule has 0 aromatic heterocycles. The van der Waals surface area contributed by atoms with Crippen LogP contribution >= 0.6 is 0 Å². The molecule has 2 aromatic rings. The highest BCUT2D eigenvalue weighted by atomic mass is 16.6. The van der Waals surface area contributed by atoms with Crippen molar-refractivity contribution in [1.29, 1.82) is 0 Å². The van der Waals surface area contributed by atoms with Gasteiger partial charge in [0, 0.05) is 18.3 Å². The van der Waals surface area contributed by atoms with Gasteiger partial charge in [0.25, 0.3) is 0 Å². The summed E-state index contributed by atoms with van der Waals surface area (Å²) in [6, 6.07) is 11.2. The zero-order chi connectivity index (χ0) is 16.8. The predicted octanol–water partition coefficient (Wildman–Crippen LogP) is 3.22. The normalized spacial score (nSPS) is 10.6. The van der Waals surface area contributed by atoms with Crippen molar-refractivity contribution >= 4 is 28.3 Å². The van der Waals surface area contributed by atoms with Gasteiger partial charge in [0.1, 0.15) is 0 Å². The lowest BCUT2D eigenvalue weighted by atomic mass is 10.0. The van der Waals surface area contributed by atoms with Gasteiger partial charge in [-0.05, 0) is 55.9 Å². The van der Waals surface area contributed by atoms with Crippen molar-refractivity contribution in [2.24, 2.45) is 0 Å². The Morgan fingerprint density at radius 3 is 2.52 bits per heavy atom. The van der Waals surface area contributed by atoms with Gasteiger partial charge in [0.15, 0.2) is 5.78 Å². The number of rotatable bonds is 6. The van der Waals surface area contributed by atoms with E-state index >= 15 is 0 Å². The van der Waals surface area contributed by atoms with Crippen molar-refractivity contribution in [1.82, 2.24) is 5.32 Å². The van der Waals surface area contributed by atoms with E-state index in [-0.39, 0.29) is 11.9 Å². The Labute approximate surface area is 136 Å². The lowest BCUT2D eigenvalue weighted by Gasteiger charge is -2.17. The van der Waals surface area contributed by atoms with Crippen LogP contribution in [0.5, 0.6) is 0 Å². The number of fused-ring (bicyclic) bond motifs is 1. The molecule has 0 aliphatic rings. The number of hydrogen-bond donors (Lipinski definition) is 1. The Bertz CT molecular complexity index is 712. The summed E-state index contributed by atoms with van der Waals surface area (Å²) in [4.78, 5) is 24.9. The zero-order valence-corrected chi connectivity index (χ0v) is 13.8. The van der Waals surface area contributed by atoms with Gasteiger partial charge >= 0.3 is 6.09 Å². The van der Waals surface area contributed by atoms with Crippen LogP contribution in [0.4, 0.5) is 10.5 Å². The molecule has 5 heteroatoms. The third-order valence-corrected chi connectivity index (χ3v) is 3.69. The van der Waals surface area contributed by atoms with Crippen LogP contribution in [-0.2, 0) is 4.74 Å². The fourth-order valence-corrected chi connectivity index (χ4v) is 2.27. The van der Waals surface area contributed by atoms with Crippen molar-refractivity contribution in [3.05, 3.63) is 42.0 Å². The van der Waals surface area contributed by atoms with Gasteiger partial charge in [-0.3, -0.25) is 9.69 Å². The molecule has 0 unspecified atom stereocenters. The first-order valence-electron chi connectivity index (χ1n) is 7.63. The SMILES string of the molecule is CNCCCOC(=O)N(C)c1ccc2cc(C(C)=O)ccc2c1.